The van der Waals surface area contributed by atoms with E-state index in [1.807, 2.05) is 30.3 Å². The third kappa shape index (κ3) is 8.44. The van der Waals surface area contributed by atoms with E-state index in [-0.39, 0.29) is 6.61 Å². The van der Waals surface area contributed by atoms with Gasteiger partial charge in [0.15, 0.2) is 0 Å². The standard InChI is InChI=1S/C30H35AsO8/c1-6-31(39-28-10-8-7-9-27(28)35-3)19-23(32)20-38-24-14-11-21(12-15-24)26(30(33)37-5)17-22-13-16-25(34-2)18-29(22)36-4/h7-18,23,32H,6,19-20H2,1-5H3/b26-17-. The van der Waals surface area contributed by atoms with Gasteiger partial charge in [-0.15, -0.1) is 0 Å². The molecule has 0 heterocycles. The van der Waals surface area contributed by atoms with Crippen LogP contribution in [0.3, 0.4) is 0 Å². The molecule has 0 fully saturated rings. The van der Waals surface area contributed by atoms with E-state index in [9.17, 15) is 9.90 Å². The number of aliphatic hydroxyl groups is 1. The summed E-state index contributed by atoms with van der Waals surface area (Å²) in [4.78, 5) is 12.6. The Morgan fingerprint density at radius 3 is 2.15 bits per heavy atom. The molecule has 0 bridgehead atoms. The first-order valence-corrected chi connectivity index (χ1v) is 15.8. The van der Waals surface area contributed by atoms with Crippen LogP contribution in [0.1, 0.15) is 18.1 Å². The topological polar surface area (TPSA) is 92.7 Å². The maximum atomic E-state index is 12.6. The van der Waals surface area contributed by atoms with Gasteiger partial charge in [0.1, 0.15) is 5.75 Å². The monoisotopic (exact) mass is 598 g/mol. The Hall–Kier alpha value is -3.61. The van der Waals surface area contributed by atoms with Gasteiger partial charge in [0.25, 0.3) is 0 Å². The Morgan fingerprint density at radius 1 is 0.872 bits per heavy atom. The molecule has 208 valence electrons. The second-order valence-electron chi connectivity index (χ2n) is 8.37. The third-order valence-electron chi connectivity index (χ3n) is 5.82. The number of hydrogen-bond donors (Lipinski definition) is 1. The summed E-state index contributed by atoms with van der Waals surface area (Å²) in [5.74, 6) is 2.68. The molecular weight excluding hydrogens is 563 g/mol. The van der Waals surface area contributed by atoms with Gasteiger partial charge in [-0.3, -0.25) is 0 Å². The molecule has 0 saturated carbocycles. The van der Waals surface area contributed by atoms with Gasteiger partial charge >= 0.3 is 193 Å². The van der Waals surface area contributed by atoms with Crippen molar-refractivity contribution in [3.05, 3.63) is 77.9 Å². The number of hydrogen-bond acceptors (Lipinski definition) is 8. The summed E-state index contributed by atoms with van der Waals surface area (Å²) in [6.07, 6.45) is 1.04. The summed E-state index contributed by atoms with van der Waals surface area (Å²) in [6.45, 7) is 2.19. The molecule has 8 nitrogen and oxygen atoms in total. The van der Waals surface area contributed by atoms with Gasteiger partial charge in [-0.2, -0.15) is 0 Å². The van der Waals surface area contributed by atoms with Crippen LogP contribution in [0.2, 0.25) is 10.4 Å². The van der Waals surface area contributed by atoms with E-state index >= 15 is 0 Å². The molecule has 0 aliphatic heterocycles. The van der Waals surface area contributed by atoms with Gasteiger partial charge < -0.3 is 9.47 Å². The molecule has 2 unspecified atom stereocenters. The minimum atomic E-state index is -1.81. The summed E-state index contributed by atoms with van der Waals surface area (Å²) in [5, 5.41) is 12.0. The summed E-state index contributed by atoms with van der Waals surface area (Å²) in [7, 11) is 6.08. The number of carbonyl (C=O) groups excluding carboxylic acids is 1. The van der Waals surface area contributed by atoms with E-state index in [1.54, 1.807) is 63.8 Å². The van der Waals surface area contributed by atoms with Crippen molar-refractivity contribution < 1.29 is 37.3 Å². The van der Waals surface area contributed by atoms with Gasteiger partial charge in [-0.1, -0.05) is 0 Å². The quantitative estimate of drug-likeness (QED) is 0.116. The number of ether oxygens (including phenoxy) is 5. The van der Waals surface area contributed by atoms with E-state index in [0.29, 0.717) is 50.7 Å². The summed E-state index contributed by atoms with van der Waals surface area (Å²) in [5.41, 5.74) is 1.71. The summed E-state index contributed by atoms with van der Waals surface area (Å²) >= 11 is -1.81. The van der Waals surface area contributed by atoms with Crippen LogP contribution < -0.4 is 22.7 Å². The SMILES string of the molecule is CC[As](CC(O)COc1ccc(/C(=C/c2ccc(OC)cc2OC)C(=O)OC)cc1)Oc1ccccc1OC. The minimum absolute atomic E-state index is 0.128. The first-order valence-electron chi connectivity index (χ1n) is 12.4. The fourth-order valence-electron chi connectivity index (χ4n) is 3.74. The van der Waals surface area contributed by atoms with Gasteiger partial charge in [-0.05, 0) is 6.07 Å². The Kier molecular flexibility index (Phi) is 11.6. The normalized spacial score (nSPS) is 12.7. The van der Waals surface area contributed by atoms with Crippen molar-refractivity contribution in [1.29, 1.82) is 0 Å². The Balaban J connectivity index is 1.66. The van der Waals surface area contributed by atoms with Crippen LogP contribution in [0, 0.1) is 0 Å². The molecule has 3 rings (SSSR count). The fraction of sp³-hybridized carbons (Fsp3) is 0.300. The second-order valence-corrected chi connectivity index (χ2v) is 12.9. The number of carbonyl (C=O) groups is 1. The Morgan fingerprint density at radius 2 is 1.54 bits per heavy atom. The molecule has 1 N–H and O–H groups in total. The molecule has 2 atom stereocenters. The van der Waals surface area contributed by atoms with Gasteiger partial charge in [0.05, 0.1) is 14.2 Å². The van der Waals surface area contributed by atoms with Crippen molar-refractivity contribution >= 4 is 32.6 Å². The van der Waals surface area contributed by atoms with E-state index in [4.69, 9.17) is 27.4 Å². The van der Waals surface area contributed by atoms with E-state index in [2.05, 4.69) is 6.92 Å². The van der Waals surface area contributed by atoms with E-state index in [0.717, 1.165) is 5.21 Å². The van der Waals surface area contributed by atoms with Crippen LogP contribution in [-0.4, -0.2) is 67.2 Å². The first-order chi connectivity index (χ1) is 18.9. The third-order valence-corrected chi connectivity index (χ3v) is 9.99. The van der Waals surface area contributed by atoms with Gasteiger partial charge in [0.2, 0.25) is 0 Å². The number of rotatable bonds is 14. The van der Waals surface area contributed by atoms with Crippen LogP contribution in [0.4, 0.5) is 0 Å². The predicted octanol–water partition coefficient (Wildman–Crippen LogP) is 5.26. The van der Waals surface area contributed by atoms with Crippen LogP contribution in [0.25, 0.3) is 11.6 Å². The number of para-hydroxylation sites is 2. The zero-order valence-corrected chi connectivity index (χ0v) is 24.8. The van der Waals surface area contributed by atoms with Crippen molar-refractivity contribution in [3.63, 3.8) is 0 Å². The summed E-state index contributed by atoms with van der Waals surface area (Å²) in [6, 6.07) is 19.9. The molecule has 0 amide bonds. The zero-order valence-electron chi connectivity index (χ0n) is 22.9. The number of methoxy groups -OCH3 is 4. The number of benzene rings is 3. The summed E-state index contributed by atoms with van der Waals surface area (Å²) < 4.78 is 33.1. The predicted molar refractivity (Wildman–Crippen MR) is 152 cm³/mol. The Labute approximate surface area is 234 Å². The molecule has 0 saturated heterocycles. The van der Waals surface area contributed by atoms with Crippen molar-refractivity contribution in [2.75, 3.05) is 35.0 Å². The molecule has 3 aromatic rings. The molecular formula is C30H35AsO8. The molecule has 0 aromatic heterocycles. The molecule has 0 spiro atoms. The van der Waals surface area contributed by atoms with Crippen LogP contribution in [-0.2, 0) is 9.53 Å². The van der Waals surface area contributed by atoms with Crippen molar-refractivity contribution in [1.82, 2.24) is 0 Å². The average molecular weight is 599 g/mol. The zero-order chi connectivity index (χ0) is 28.2. The Bertz CT molecular complexity index is 1240. The van der Waals surface area contributed by atoms with Gasteiger partial charge in [0, 0.05) is 6.07 Å². The molecule has 9 heteroatoms. The van der Waals surface area contributed by atoms with Crippen molar-refractivity contribution in [2.24, 2.45) is 0 Å². The van der Waals surface area contributed by atoms with Crippen molar-refractivity contribution in [3.8, 4) is 28.7 Å². The van der Waals surface area contributed by atoms with Gasteiger partial charge in [-0.25, -0.2) is 0 Å². The van der Waals surface area contributed by atoms with E-state index < -0.39 is 27.1 Å². The number of esters is 1. The molecule has 3 aromatic carbocycles. The molecule has 0 radical (unpaired) electrons. The molecule has 39 heavy (non-hydrogen) atoms. The second kappa shape index (κ2) is 15.1. The van der Waals surface area contributed by atoms with E-state index in [1.165, 1.54) is 7.11 Å². The van der Waals surface area contributed by atoms with Crippen molar-refractivity contribution in [2.45, 2.75) is 23.4 Å². The maximum absolute atomic E-state index is 12.6. The molecule has 0 aliphatic rings. The first kappa shape index (κ1) is 29.9. The fourth-order valence-corrected chi connectivity index (χ4v) is 6.81. The van der Waals surface area contributed by atoms with Crippen LogP contribution in [0.5, 0.6) is 28.7 Å². The number of aliphatic hydroxyl groups excluding tert-OH is 1. The average Bonchev–Trinajstić information content (AvgIpc) is 2.98. The van der Waals surface area contributed by atoms with Crippen LogP contribution >= 0.6 is 0 Å². The van der Waals surface area contributed by atoms with Crippen LogP contribution in [0.15, 0.2) is 66.7 Å². The molecule has 0 aliphatic carbocycles.